The van der Waals surface area contributed by atoms with E-state index in [9.17, 15) is 4.79 Å². The van der Waals surface area contributed by atoms with Crippen LogP contribution in [-0.2, 0) is 4.74 Å². The van der Waals surface area contributed by atoms with Gasteiger partial charge in [0.2, 0.25) is 0 Å². The first-order valence-electron chi connectivity index (χ1n) is 7.07. The van der Waals surface area contributed by atoms with Gasteiger partial charge in [-0.25, -0.2) is 4.79 Å². The summed E-state index contributed by atoms with van der Waals surface area (Å²) in [5.74, 6) is -0.357. The van der Waals surface area contributed by atoms with Crippen molar-refractivity contribution in [2.45, 2.75) is 20.0 Å². The minimum Gasteiger partial charge on any atom is -0.459 e. The maximum atomic E-state index is 11.8. The van der Waals surface area contributed by atoms with Gasteiger partial charge in [-0.3, -0.25) is 0 Å². The number of carbonyl (C=O) groups is 1. The Morgan fingerprint density at radius 2 is 1.78 bits per heavy atom. The largest absolute Gasteiger partial charge is 0.459 e. The lowest BCUT2D eigenvalue weighted by molar-refractivity contribution is 0.0378. The summed E-state index contributed by atoms with van der Waals surface area (Å²) in [5.41, 5.74) is 8.71. The molecule has 0 amide bonds. The van der Waals surface area contributed by atoms with Gasteiger partial charge in [0.15, 0.2) is 0 Å². The molecule has 0 saturated heterocycles. The Bertz CT molecular complexity index is 833. The van der Waals surface area contributed by atoms with Crippen LogP contribution in [0.1, 0.15) is 24.2 Å². The van der Waals surface area contributed by atoms with Crippen LogP contribution in [0.2, 0.25) is 5.02 Å². The number of nitrogens with two attached hydrogens (primary N) is 1. The molecule has 2 aromatic carbocycles. The van der Waals surface area contributed by atoms with Crippen LogP contribution in [0.3, 0.4) is 0 Å². The molecule has 0 spiro atoms. The molecule has 0 aliphatic carbocycles. The highest BCUT2D eigenvalue weighted by atomic mass is 35.5. The van der Waals surface area contributed by atoms with Crippen molar-refractivity contribution in [2.75, 3.05) is 5.73 Å². The number of halogens is 1. The van der Waals surface area contributed by atoms with E-state index < -0.39 is 0 Å². The number of esters is 1. The molecular formula is C16H15ClN4O2. The molecule has 1 heterocycles. The Labute approximate surface area is 137 Å². The van der Waals surface area contributed by atoms with Crippen LogP contribution in [-0.4, -0.2) is 27.1 Å². The number of anilines is 1. The fraction of sp³-hybridized carbons (Fsp3) is 0.188. The lowest BCUT2D eigenvalue weighted by Gasteiger charge is -2.08. The summed E-state index contributed by atoms with van der Waals surface area (Å²) in [4.78, 5) is 13.3. The van der Waals surface area contributed by atoms with Crippen molar-refractivity contribution in [3.63, 3.8) is 0 Å². The van der Waals surface area contributed by atoms with Gasteiger partial charge in [-0.05, 0) is 50.2 Å². The Morgan fingerprint density at radius 3 is 2.39 bits per heavy atom. The summed E-state index contributed by atoms with van der Waals surface area (Å²) in [6.07, 6.45) is -0.157. The van der Waals surface area contributed by atoms with Gasteiger partial charge in [0.25, 0.3) is 0 Å². The van der Waals surface area contributed by atoms with Crippen LogP contribution in [0.15, 0.2) is 36.4 Å². The molecule has 6 nitrogen and oxygen atoms in total. The van der Waals surface area contributed by atoms with Gasteiger partial charge >= 0.3 is 5.97 Å². The second-order valence-electron chi connectivity index (χ2n) is 5.35. The summed E-state index contributed by atoms with van der Waals surface area (Å²) in [5, 5.41) is 9.16. The molecule has 2 N–H and O–H groups in total. The van der Waals surface area contributed by atoms with Gasteiger partial charge in [0.1, 0.15) is 11.0 Å². The van der Waals surface area contributed by atoms with E-state index in [1.54, 1.807) is 36.4 Å². The van der Waals surface area contributed by atoms with E-state index in [4.69, 9.17) is 22.1 Å². The fourth-order valence-electron chi connectivity index (χ4n) is 2.08. The molecule has 1 aromatic heterocycles. The Balaban J connectivity index is 1.91. The number of carbonyl (C=O) groups excluding carboxylic acids is 1. The number of nitrogens with zero attached hydrogens (tertiary/aromatic N) is 3. The van der Waals surface area contributed by atoms with Gasteiger partial charge in [-0.1, -0.05) is 11.6 Å². The number of fused-ring (bicyclic) bond motifs is 1. The van der Waals surface area contributed by atoms with E-state index >= 15 is 0 Å². The standard InChI is InChI=1S/C16H15ClN4O2/c1-9(2)23-16(22)10-3-5-11(6-4-10)21-19-14-7-12(17)13(18)8-15(14)20-21/h3-9H,18H2,1-2H3. The fourth-order valence-corrected chi connectivity index (χ4v) is 2.24. The topological polar surface area (TPSA) is 83.0 Å². The van der Waals surface area contributed by atoms with Crippen molar-refractivity contribution in [1.29, 1.82) is 0 Å². The molecule has 3 rings (SSSR count). The molecule has 0 bridgehead atoms. The van der Waals surface area contributed by atoms with Crippen LogP contribution in [0.5, 0.6) is 0 Å². The number of benzene rings is 2. The van der Waals surface area contributed by atoms with Crippen LogP contribution in [0.4, 0.5) is 5.69 Å². The average molecular weight is 331 g/mol. The zero-order valence-corrected chi connectivity index (χ0v) is 13.4. The minimum atomic E-state index is -0.357. The first-order chi connectivity index (χ1) is 10.9. The molecule has 3 aromatic rings. The van der Waals surface area contributed by atoms with Crippen molar-refractivity contribution in [1.82, 2.24) is 15.0 Å². The second kappa shape index (κ2) is 5.89. The van der Waals surface area contributed by atoms with E-state index in [2.05, 4.69) is 10.2 Å². The first kappa shape index (κ1) is 15.3. The number of hydrogen-bond acceptors (Lipinski definition) is 5. The number of rotatable bonds is 3. The summed E-state index contributed by atoms with van der Waals surface area (Å²) in [6.45, 7) is 3.62. The molecule has 0 aliphatic rings. The van der Waals surface area contributed by atoms with Gasteiger partial charge in [-0.2, -0.15) is 4.80 Å². The second-order valence-corrected chi connectivity index (χ2v) is 5.76. The lowest BCUT2D eigenvalue weighted by Crippen LogP contribution is -2.11. The van der Waals surface area contributed by atoms with Gasteiger partial charge in [0, 0.05) is 0 Å². The highest BCUT2D eigenvalue weighted by molar-refractivity contribution is 6.33. The highest BCUT2D eigenvalue weighted by Crippen LogP contribution is 2.24. The monoisotopic (exact) mass is 330 g/mol. The molecular weight excluding hydrogens is 316 g/mol. The molecule has 0 saturated carbocycles. The zero-order valence-electron chi connectivity index (χ0n) is 12.7. The van der Waals surface area contributed by atoms with Crippen molar-refractivity contribution in [3.8, 4) is 5.69 Å². The summed E-state index contributed by atoms with van der Waals surface area (Å²) in [6, 6.07) is 10.2. The number of ether oxygens (including phenoxy) is 1. The number of nitrogen functional groups attached to an aromatic ring is 1. The predicted octanol–water partition coefficient (Wildman–Crippen LogP) is 3.22. The maximum absolute atomic E-state index is 11.8. The number of hydrogen-bond donors (Lipinski definition) is 1. The van der Waals surface area contributed by atoms with E-state index in [0.717, 1.165) is 5.69 Å². The summed E-state index contributed by atoms with van der Waals surface area (Å²) < 4.78 is 5.15. The van der Waals surface area contributed by atoms with Gasteiger partial charge in [0.05, 0.1) is 28.1 Å². The predicted molar refractivity (Wildman–Crippen MR) is 88.8 cm³/mol. The van der Waals surface area contributed by atoms with Crippen LogP contribution < -0.4 is 5.73 Å². The number of aromatic nitrogens is 3. The van der Waals surface area contributed by atoms with E-state index in [-0.39, 0.29) is 12.1 Å². The average Bonchev–Trinajstić information content (AvgIpc) is 2.90. The Hall–Kier alpha value is -2.60. The summed E-state index contributed by atoms with van der Waals surface area (Å²) in [7, 11) is 0. The third-order valence-corrected chi connectivity index (χ3v) is 3.50. The lowest BCUT2D eigenvalue weighted by atomic mass is 10.2. The molecule has 0 unspecified atom stereocenters. The molecule has 0 aliphatic heterocycles. The van der Waals surface area contributed by atoms with Gasteiger partial charge < -0.3 is 10.5 Å². The van der Waals surface area contributed by atoms with E-state index in [0.29, 0.717) is 27.3 Å². The van der Waals surface area contributed by atoms with Crippen LogP contribution in [0.25, 0.3) is 16.7 Å². The molecule has 0 radical (unpaired) electrons. The van der Waals surface area contributed by atoms with Crippen molar-refractivity contribution in [3.05, 3.63) is 47.0 Å². The van der Waals surface area contributed by atoms with Crippen LogP contribution in [0, 0.1) is 0 Å². The minimum absolute atomic E-state index is 0.157. The van der Waals surface area contributed by atoms with E-state index in [1.165, 1.54) is 4.80 Å². The maximum Gasteiger partial charge on any atom is 0.338 e. The van der Waals surface area contributed by atoms with Gasteiger partial charge in [-0.15, -0.1) is 10.2 Å². The van der Waals surface area contributed by atoms with Crippen molar-refractivity contribution >= 4 is 34.3 Å². The Kier molecular flexibility index (Phi) is 3.92. The molecule has 0 atom stereocenters. The SMILES string of the molecule is CC(C)OC(=O)c1ccc(-n2nc3cc(N)c(Cl)cc3n2)cc1. The summed E-state index contributed by atoms with van der Waals surface area (Å²) >= 11 is 5.99. The van der Waals surface area contributed by atoms with Crippen molar-refractivity contribution < 1.29 is 9.53 Å². The highest BCUT2D eigenvalue weighted by Gasteiger charge is 2.11. The quantitative estimate of drug-likeness (QED) is 0.589. The van der Waals surface area contributed by atoms with E-state index in [1.807, 2.05) is 13.8 Å². The molecule has 7 heteroatoms. The molecule has 23 heavy (non-hydrogen) atoms. The first-order valence-corrected chi connectivity index (χ1v) is 7.45. The molecule has 118 valence electrons. The zero-order chi connectivity index (χ0) is 16.6. The molecule has 0 fully saturated rings. The third kappa shape index (κ3) is 3.12. The Morgan fingerprint density at radius 1 is 1.17 bits per heavy atom. The smallest absolute Gasteiger partial charge is 0.338 e. The third-order valence-electron chi connectivity index (χ3n) is 3.18. The van der Waals surface area contributed by atoms with Crippen LogP contribution >= 0.6 is 11.6 Å². The van der Waals surface area contributed by atoms with Crippen molar-refractivity contribution in [2.24, 2.45) is 0 Å². The normalized spacial score (nSPS) is 11.1.